The molecule has 1 nitrogen and oxygen atoms in total. The summed E-state index contributed by atoms with van der Waals surface area (Å²) in [5, 5.41) is 3.01. The van der Waals surface area contributed by atoms with Gasteiger partial charge in [0.1, 0.15) is 6.17 Å². The van der Waals surface area contributed by atoms with Crippen molar-refractivity contribution in [2.24, 2.45) is 0 Å². The van der Waals surface area contributed by atoms with Crippen LogP contribution in [0.1, 0.15) is 36.6 Å². The third-order valence-corrected chi connectivity index (χ3v) is 3.30. The maximum absolute atomic E-state index is 14.1. The van der Waals surface area contributed by atoms with Crippen molar-refractivity contribution in [3.63, 3.8) is 0 Å². The van der Waals surface area contributed by atoms with Crippen LogP contribution in [0.15, 0.2) is 12.1 Å². The molecular weight excluding hydrogens is 227 g/mol. The average molecular weight is 243 g/mol. The third-order valence-electron chi connectivity index (χ3n) is 3.30. The van der Waals surface area contributed by atoms with Gasteiger partial charge in [-0.1, -0.05) is 18.6 Å². The second kappa shape index (κ2) is 5.08. The average Bonchev–Trinajstić information content (AvgIpc) is 2.36. The Balaban J connectivity index is 2.24. The molecule has 1 aromatic rings. The number of hydrogen-bond acceptors (Lipinski definition) is 1. The van der Waals surface area contributed by atoms with Crippen LogP contribution >= 0.6 is 0 Å². The zero-order valence-corrected chi connectivity index (χ0v) is 9.77. The molecule has 1 heterocycles. The Morgan fingerprint density at radius 2 is 2.00 bits per heavy atom. The van der Waals surface area contributed by atoms with Crippen LogP contribution in [-0.2, 0) is 0 Å². The fourth-order valence-corrected chi connectivity index (χ4v) is 2.22. The molecule has 17 heavy (non-hydrogen) atoms. The highest BCUT2D eigenvalue weighted by Crippen LogP contribution is 2.30. The van der Waals surface area contributed by atoms with E-state index in [0.29, 0.717) is 6.42 Å². The number of aryl methyl sites for hydroxylation is 1. The first kappa shape index (κ1) is 12.4. The zero-order chi connectivity index (χ0) is 12.4. The molecule has 0 amide bonds. The third kappa shape index (κ3) is 2.46. The van der Waals surface area contributed by atoms with E-state index in [0.717, 1.165) is 19.4 Å². The molecule has 2 atom stereocenters. The maximum atomic E-state index is 14.1. The quantitative estimate of drug-likeness (QED) is 0.839. The van der Waals surface area contributed by atoms with Gasteiger partial charge in [0.15, 0.2) is 11.6 Å². The molecule has 1 aromatic carbocycles. The number of alkyl halides is 1. The van der Waals surface area contributed by atoms with Gasteiger partial charge in [-0.05, 0) is 31.9 Å². The van der Waals surface area contributed by atoms with Crippen LogP contribution in [0.3, 0.4) is 0 Å². The molecule has 0 spiro atoms. The fraction of sp³-hybridized carbons (Fsp3) is 0.538. The molecule has 4 heteroatoms. The number of rotatable bonds is 2. The summed E-state index contributed by atoms with van der Waals surface area (Å²) in [7, 11) is 0. The molecule has 94 valence electrons. The Labute approximate surface area is 99.0 Å². The molecule has 1 N–H and O–H groups in total. The van der Waals surface area contributed by atoms with E-state index in [9.17, 15) is 13.2 Å². The van der Waals surface area contributed by atoms with Gasteiger partial charge in [0, 0.05) is 11.6 Å². The van der Waals surface area contributed by atoms with Gasteiger partial charge < -0.3 is 5.32 Å². The van der Waals surface area contributed by atoms with Crippen LogP contribution in [0.5, 0.6) is 0 Å². The van der Waals surface area contributed by atoms with E-state index < -0.39 is 23.8 Å². The van der Waals surface area contributed by atoms with Gasteiger partial charge in [-0.15, -0.1) is 0 Å². The Kier molecular flexibility index (Phi) is 3.72. The molecule has 0 saturated carbocycles. The van der Waals surface area contributed by atoms with Crippen molar-refractivity contribution in [2.45, 2.75) is 38.4 Å². The minimum atomic E-state index is -1.48. The van der Waals surface area contributed by atoms with E-state index in [1.807, 2.05) is 0 Å². The lowest BCUT2D eigenvalue weighted by Crippen LogP contribution is -2.37. The molecule has 1 aliphatic rings. The Hall–Kier alpha value is -1.03. The molecule has 1 fully saturated rings. The summed E-state index contributed by atoms with van der Waals surface area (Å²) in [6.45, 7) is 2.20. The van der Waals surface area contributed by atoms with Crippen LogP contribution in [0, 0.1) is 18.6 Å². The van der Waals surface area contributed by atoms with E-state index in [2.05, 4.69) is 5.32 Å². The lowest BCUT2D eigenvalue weighted by Gasteiger charge is -2.27. The van der Waals surface area contributed by atoms with E-state index in [1.165, 1.54) is 19.1 Å². The smallest absolute Gasteiger partial charge is 0.165 e. The molecule has 2 unspecified atom stereocenters. The highest BCUT2D eigenvalue weighted by Gasteiger charge is 2.28. The van der Waals surface area contributed by atoms with Crippen molar-refractivity contribution in [1.82, 2.24) is 5.32 Å². The number of benzene rings is 1. The van der Waals surface area contributed by atoms with Gasteiger partial charge in [0.25, 0.3) is 0 Å². The summed E-state index contributed by atoms with van der Waals surface area (Å²) < 4.78 is 41.1. The van der Waals surface area contributed by atoms with Gasteiger partial charge >= 0.3 is 0 Å². The first-order valence-electron chi connectivity index (χ1n) is 5.93. The van der Waals surface area contributed by atoms with Gasteiger partial charge in [-0.3, -0.25) is 0 Å². The van der Waals surface area contributed by atoms with Crippen molar-refractivity contribution in [3.05, 3.63) is 34.9 Å². The molecular formula is C13H16F3N. The Morgan fingerprint density at radius 3 is 2.65 bits per heavy atom. The number of hydrogen-bond donors (Lipinski definition) is 1. The SMILES string of the molecule is Cc1ccc(C(F)C2CCCCN2)c(F)c1F. The van der Waals surface area contributed by atoms with Crippen molar-refractivity contribution >= 4 is 0 Å². The van der Waals surface area contributed by atoms with Crippen LogP contribution in [-0.4, -0.2) is 12.6 Å². The van der Waals surface area contributed by atoms with E-state index in [4.69, 9.17) is 0 Å². The van der Waals surface area contributed by atoms with E-state index in [1.54, 1.807) is 0 Å². The normalized spacial score (nSPS) is 22.5. The summed E-state index contributed by atoms with van der Waals surface area (Å²) in [5.74, 6) is -1.99. The summed E-state index contributed by atoms with van der Waals surface area (Å²) >= 11 is 0. The van der Waals surface area contributed by atoms with Gasteiger partial charge in [-0.25, -0.2) is 13.2 Å². The lowest BCUT2D eigenvalue weighted by atomic mass is 9.95. The fourth-order valence-electron chi connectivity index (χ4n) is 2.22. The summed E-state index contributed by atoms with van der Waals surface area (Å²) in [6, 6.07) is 2.36. The summed E-state index contributed by atoms with van der Waals surface area (Å²) in [4.78, 5) is 0. The molecule has 0 aromatic heterocycles. The first-order chi connectivity index (χ1) is 8.11. The topological polar surface area (TPSA) is 12.0 Å². The van der Waals surface area contributed by atoms with Gasteiger partial charge in [0.2, 0.25) is 0 Å². The first-order valence-corrected chi connectivity index (χ1v) is 5.93. The van der Waals surface area contributed by atoms with Gasteiger partial charge in [0.05, 0.1) is 0 Å². The molecule has 0 aliphatic carbocycles. The molecule has 2 rings (SSSR count). The molecule has 0 radical (unpaired) electrons. The monoisotopic (exact) mass is 243 g/mol. The minimum absolute atomic E-state index is 0.174. The van der Waals surface area contributed by atoms with Gasteiger partial charge in [-0.2, -0.15) is 0 Å². The summed E-state index contributed by atoms with van der Waals surface area (Å²) in [5.41, 5.74) is 0.0301. The highest BCUT2D eigenvalue weighted by molar-refractivity contribution is 5.28. The molecule has 1 aliphatic heterocycles. The minimum Gasteiger partial charge on any atom is -0.311 e. The van der Waals surface area contributed by atoms with Crippen molar-refractivity contribution in [2.75, 3.05) is 6.54 Å². The number of piperidine rings is 1. The second-order valence-electron chi connectivity index (χ2n) is 4.56. The molecule has 1 saturated heterocycles. The predicted molar refractivity (Wildman–Crippen MR) is 60.6 cm³/mol. The van der Waals surface area contributed by atoms with Crippen molar-refractivity contribution in [1.29, 1.82) is 0 Å². The second-order valence-corrected chi connectivity index (χ2v) is 4.56. The maximum Gasteiger partial charge on any atom is 0.165 e. The van der Waals surface area contributed by atoms with E-state index in [-0.39, 0.29) is 11.1 Å². The Morgan fingerprint density at radius 1 is 1.24 bits per heavy atom. The predicted octanol–water partition coefficient (Wildman–Crippen LogP) is 3.43. The van der Waals surface area contributed by atoms with Crippen LogP contribution in [0.4, 0.5) is 13.2 Å². The zero-order valence-electron chi connectivity index (χ0n) is 9.77. The largest absolute Gasteiger partial charge is 0.311 e. The number of nitrogens with one attached hydrogen (secondary N) is 1. The highest BCUT2D eigenvalue weighted by atomic mass is 19.2. The molecule has 0 bridgehead atoms. The van der Waals surface area contributed by atoms with E-state index >= 15 is 0 Å². The standard InChI is InChI=1S/C13H16F3N/c1-8-5-6-9(13(16)11(8)14)12(15)10-4-2-3-7-17-10/h5-6,10,12,17H,2-4,7H2,1H3. The summed E-state index contributed by atoms with van der Waals surface area (Å²) in [6.07, 6.45) is 1.11. The Bertz CT molecular complexity index is 400. The lowest BCUT2D eigenvalue weighted by molar-refractivity contribution is 0.214. The van der Waals surface area contributed by atoms with Crippen LogP contribution in [0.2, 0.25) is 0 Å². The van der Waals surface area contributed by atoms with Crippen molar-refractivity contribution in [3.8, 4) is 0 Å². The van der Waals surface area contributed by atoms with Crippen LogP contribution in [0.25, 0.3) is 0 Å². The van der Waals surface area contributed by atoms with Crippen LogP contribution < -0.4 is 5.32 Å². The number of halogens is 3. The van der Waals surface area contributed by atoms with Crippen molar-refractivity contribution < 1.29 is 13.2 Å².